The van der Waals surface area contributed by atoms with Crippen molar-refractivity contribution >= 4 is 0 Å². The second-order valence-corrected chi connectivity index (χ2v) is 8.28. The van der Waals surface area contributed by atoms with Gasteiger partial charge in [0.05, 0.1) is 6.17 Å². The number of hydrogen-bond acceptors (Lipinski definition) is 2. The Morgan fingerprint density at radius 2 is 1.47 bits per heavy atom. The molecule has 1 rings (SSSR count). The Morgan fingerprint density at radius 1 is 1.00 bits per heavy atom. The van der Waals surface area contributed by atoms with E-state index in [0.717, 1.165) is 0 Å². The molecule has 1 aliphatic rings. The molecule has 0 aromatic heterocycles. The van der Waals surface area contributed by atoms with Crippen LogP contribution in [0.1, 0.15) is 61.8 Å². The molecule has 1 fully saturated rings. The minimum atomic E-state index is 0.239. The van der Waals surface area contributed by atoms with Crippen molar-refractivity contribution in [2.75, 3.05) is 13.6 Å². The van der Waals surface area contributed by atoms with Gasteiger partial charge < -0.3 is 0 Å². The molecule has 102 valence electrons. The Hall–Kier alpha value is -0.0800. The molecule has 0 bridgehead atoms. The Balaban J connectivity index is 3.10. The Kier molecular flexibility index (Phi) is 3.73. The number of nitrogens with zero attached hydrogens (tertiary/aromatic N) is 2. The van der Waals surface area contributed by atoms with Gasteiger partial charge in [-0.05, 0) is 53.5 Å². The molecule has 0 saturated carbocycles. The zero-order chi connectivity index (χ0) is 13.6. The van der Waals surface area contributed by atoms with Crippen LogP contribution in [0.2, 0.25) is 0 Å². The minimum Gasteiger partial charge on any atom is -0.285 e. The summed E-state index contributed by atoms with van der Waals surface area (Å²) in [6.45, 7) is 20.0. The molecule has 0 spiro atoms. The molecule has 1 atom stereocenters. The summed E-state index contributed by atoms with van der Waals surface area (Å²) >= 11 is 0. The lowest BCUT2D eigenvalue weighted by molar-refractivity contribution is -0.136. The highest BCUT2D eigenvalue weighted by molar-refractivity contribution is 4.98. The van der Waals surface area contributed by atoms with E-state index in [4.69, 9.17) is 0 Å². The minimum absolute atomic E-state index is 0.239. The summed E-state index contributed by atoms with van der Waals surface area (Å²) in [7, 11) is 2.29. The summed E-state index contributed by atoms with van der Waals surface area (Å²) in [5.41, 5.74) is 0.822. The van der Waals surface area contributed by atoms with E-state index in [1.165, 1.54) is 13.0 Å². The highest BCUT2D eigenvalue weighted by Gasteiger charge is 2.46. The molecule has 1 heterocycles. The fourth-order valence-corrected chi connectivity index (χ4v) is 2.98. The Morgan fingerprint density at radius 3 is 1.82 bits per heavy atom. The third-order valence-corrected chi connectivity index (χ3v) is 4.22. The van der Waals surface area contributed by atoms with Crippen LogP contribution < -0.4 is 0 Å². The molecule has 1 unspecified atom stereocenters. The summed E-state index contributed by atoms with van der Waals surface area (Å²) in [5, 5.41) is 0. The number of hydrogen-bond donors (Lipinski definition) is 0. The highest BCUT2D eigenvalue weighted by atomic mass is 15.4. The zero-order valence-electron chi connectivity index (χ0n) is 13.4. The molecule has 17 heavy (non-hydrogen) atoms. The molecule has 2 nitrogen and oxygen atoms in total. The van der Waals surface area contributed by atoms with Gasteiger partial charge in [-0.2, -0.15) is 0 Å². The first-order chi connectivity index (χ1) is 7.37. The van der Waals surface area contributed by atoms with Gasteiger partial charge in [0.15, 0.2) is 0 Å². The normalized spacial score (nSPS) is 28.4. The lowest BCUT2D eigenvalue weighted by Crippen LogP contribution is -2.68. The quantitative estimate of drug-likeness (QED) is 0.638. The molecule has 0 aromatic carbocycles. The van der Waals surface area contributed by atoms with Crippen molar-refractivity contribution in [3.8, 4) is 0 Å². The van der Waals surface area contributed by atoms with Gasteiger partial charge in [0.2, 0.25) is 0 Å². The third kappa shape index (κ3) is 3.03. The maximum absolute atomic E-state index is 2.66. The van der Waals surface area contributed by atoms with E-state index in [2.05, 4.69) is 72.2 Å². The molecule has 1 aliphatic heterocycles. The third-order valence-electron chi connectivity index (χ3n) is 4.22. The molecule has 0 radical (unpaired) electrons. The summed E-state index contributed by atoms with van der Waals surface area (Å²) < 4.78 is 0. The van der Waals surface area contributed by atoms with Gasteiger partial charge in [0.1, 0.15) is 0 Å². The van der Waals surface area contributed by atoms with E-state index in [0.29, 0.717) is 11.7 Å². The van der Waals surface area contributed by atoms with Gasteiger partial charge in [-0.3, -0.25) is 9.80 Å². The second-order valence-electron chi connectivity index (χ2n) is 8.28. The van der Waals surface area contributed by atoms with Gasteiger partial charge in [-0.1, -0.05) is 20.8 Å². The van der Waals surface area contributed by atoms with Crippen molar-refractivity contribution in [1.29, 1.82) is 0 Å². The van der Waals surface area contributed by atoms with Crippen molar-refractivity contribution in [2.45, 2.75) is 79.1 Å². The topological polar surface area (TPSA) is 6.48 Å². The number of rotatable bonds is 0. The van der Waals surface area contributed by atoms with Gasteiger partial charge in [0.25, 0.3) is 0 Å². The first kappa shape index (κ1) is 15.0. The van der Waals surface area contributed by atoms with Crippen LogP contribution in [0.15, 0.2) is 0 Å². The molecule has 1 saturated heterocycles. The Bertz CT molecular complexity index is 268. The van der Waals surface area contributed by atoms with Crippen LogP contribution in [0.25, 0.3) is 0 Å². The van der Waals surface area contributed by atoms with E-state index in [1.807, 2.05) is 0 Å². The molecule has 0 aromatic rings. The first-order valence-corrected chi connectivity index (χ1v) is 6.87. The Labute approximate surface area is 108 Å². The van der Waals surface area contributed by atoms with Crippen LogP contribution in [0.4, 0.5) is 0 Å². The van der Waals surface area contributed by atoms with Crippen LogP contribution in [0.5, 0.6) is 0 Å². The lowest BCUT2D eigenvalue weighted by atomic mass is 9.81. The van der Waals surface area contributed by atoms with Gasteiger partial charge in [-0.25, -0.2) is 0 Å². The van der Waals surface area contributed by atoms with Crippen LogP contribution >= 0.6 is 0 Å². The van der Waals surface area contributed by atoms with E-state index < -0.39 is 0 Å². The maximum atomic E-state index is 2.66. The zero-order valence-corrected chi connectivity index (χ0v) is 13.4. The predicted molar refractivity (Wildman–Crippen MR) is 76.2 cm³/mol. The van der Waals surface area contributed by atoms with Crippen molar-refractivity contribution in [2.24, 2.45) is 5.41 Å². The fourth-order valence-electron chi connectivity index (χ4n) is 2.98. The van der Waals surface area contributed by atoms with Crippen LogP contribution in [0.3, 0.4) is 0 Å². The van der Waals surface area contributed by atoms with Crippen molar-refractivity contribution < 1.29 is 0 Å². The standard InChI is InChI=1S/C15H32N2/c1-13(2,3)12-16(9)15(7,8)10-11-17(12)14(4,5)6/h12H,10-11H2,1-9H3. The second kappa shape index (κ2) is 4.24. The molecule has 0 amide bonds. The van der Waals surface area contributed by atoms with E-state index in [-0.39, 0.29) is 11.0 Å². The van der Waals surface area contributed by atoms with Crippen molar-refractivity contribution in [3.63, 3.8) is 0 Å². The van der Waals surface area contributed by atoms with E-state index in [1.54, 1.807) is 0 Å². The highest BCUT2D eigenvalue weighted by Crippen LogP contribution is 2.39. The maximum Gasteiger partial charge on any atom is 0.0678 e. The van der Waals surface area contributed by atoms with Crippen LogP contribution in [-0.2, 0) is 0 Å². The van der Waals surface area contributed by atoms with E-state index >= 15 is 0 Å². The van der Waals surface area contributed by atoms with Crippen molar-refractivity contribution in [3.05, 3.63) is 0 Å². The average Bonchev–Trinajstić information content (AvgIpc) is 2.05. The smallest absolute Gasteiger partial charge is 0.0678 e. The monoisotopic (exact) mass is 240 g/mol. The average molecular weight is 240 g/mol. The molecule has 2 heteroatoms. The van der Waals surface area contributed by atoms with E-state index in [9.17, 15) is 0 Å². The molecular formula is C15H32N2. The molecule has 0 aliphatic carbocycles. The van der Waals surface area contributed by atoms with Gasteiger partial charge >= 0.3 is 0 Å². The summed E-state index contributed by atoms with van der Waals surface area (Å²) in [6, 6.07) is 0. The summed E-state index contributed by atoms with van der Waals surface area (Å²) in [4.78, 5) is 5.24. The lowest BCUT2D eigenvalue weighted by Gasteiger charge is -2.59. The SMILES string of the molecule is CN1C(C(C)(C)C)N(C(C)(C)C)CCC1(C)C. The fraction of sp³-hybridized carbons (Fsp3) is 1.00. The van der Waals surface area contributed by atoms with Crippen molar-refractivity contribution in [1.82, 2.24) is 9.80 Å². The molecular weight excluding hydrogens is 208 g/mol. The van der Waals surface area contributed by atoms with Crippen LogP contribution in [0, 0.1) is 5.41 Å². The van der Waals surface area contributed by atoms with Crippen LogP contribution in [-0.4, -0.2) is 40.6 Å². The summed E-state index contributed by atoms with van der Waals surface area (Å²) in [5.74, 6) is 0. The summed E-state index contributed by atoms with van der Waals surface area (Å²) in [6.07, 6.45) is 1.75. The largest absolute Gasteiger partial charge is 0.285 e. The predicted octanol–water partition coefficient (Wildman–Crippen LogP) is 3.57. The first-order valence-electron chi connectivity index (χ1n) is 6.87. The van der Waals surface area contributed by atoms with Gasteiger partial charge in [0, 0.05) is 17.6 Å². The molecule has 0 N–H and O–H groups in total. The van der Waals surface area contributed by atoms with Gasteiger partial charge in [-0.15, -0.1) is 0 Å².